The molecule has 20 heavy (non-hydrogen) atoms. The zero-order valence-corrected chi connectivity index (χ0v) is 11.8. The fraction of sp³-hybridized carbons (Fsp3) is 0.133. The molecule has 3 aromatic rings. The molecule has 0 aliphatic heterocycles. The number of carbonyl (C=O) groups excluding carboxylic acids is 1. The molecular weight excluding hydrogens is 277 g/mol. The van der Waals surface area contributed by atoms with Crippen molar-refractivity contribution in [3.63, 3.8) is 0 Å². The van der Waals surface area contributed by atoms with E-state index in [1.165, 1.54) is 28.0 Å². The summed E-state index contributed by atoms with van der Waals surface area (Å²) in [5, 5.41) is 10.1. The van der Waals surface area contributed by atoms with Crippen molar-refractivity contribution < 1.29 is 14.3 Å². The maximum absolute atomic E-state index is 13.5. The Bertz CT molecular complexity index is 832. The maximum atomic E-state index is 13.5. The minimum atomic E-state index is -0.730. The van der Waals surface area contributed by atoms with Gasteiger partial charge in [-0.05, 0) is 38.1 Å². The van der Waals surface area contributed by atoms with Crippen molar-refractivity contribution in [1.82, 2.24) is 4.57 Å². The summed E-state index contributed by atoms with van der Waals surface area (Å²) in [4.78, 5) is 14.2. The number of carbonyl (C=O) groups is 1. The lowest BCUT2D eigenvalue weighted by molar-refractivity contribution is 0.0967. The van der Waals surface area contributed by atoms with Crippen LogP contribution in [-0.2, 0) is 0 Å². The molecule has 3 rings (SSSR count). The Labute approximate surface area is 118 Å². The number of phenols is 1. The van der Waals surface area contributed by atoms with E-state index in [-0.39, 0.29) is 5.91 Å². The van der Waals surface area contributed by atoms with Crippen LogP contribution in [0.15, 0.2) is 30.3 Å². The fourth-order valence-electron chi connectivity index (χ4n) is 2.29. The number of aromatic hydroxyl groups is 1. The van der Waals surface area contributed by atoms with Gasteiger partial charge < -0.3 is 5.11 Å². The van der Waals surface area contributed by atoms with Crippen LogP contribution >= 0.6 is 11.3 Å². The number of hydrogen-bond acceptors (Lipinski definition) is 3. The summed E-state index contributed by atoms with van der Waals surface area (Å²) in [6, 6.07) is 7.93. The number of rotatable bonds is 1. The highest BCUT2D eigenvalue weighted by Gasteiger charge is 2.17. The summed E-state index contributed by atoms with van der Waals surface area (Å²) in [5.74, 6) is -1.32. The molecule has 0 fully saturated rings. The van der Waals surface area contributed by atoms with Crippen molar-refractivity contribution in [2.45, 2.75) is 13.8 Å². The lowest BCUT2D eigenvalue weighted by atomic mass is 10.2. The molecule has 1 aromatic carbocycles. The monoisotopic (exact) mass is 289 g/mol. The fourth-order valence-corrected chi connectivity index (χ4v) is 3.08. The van der Waals surface area contributed by atoms with Gasteiger partial charge in [0.05, 0.1) is 10.4 Å². The average molecular weight is 289 g/mol. The Balaban J connectivity index is 2.23. The zero-order chi connectivity index (χ0) is 14.4. The summed E-state index contributed by atoms with van der Waals surface area (Å²) in [7, 11) is 0. The van der Waals surface area contributed by atoms with Crippen LogP contribution < -0.4 is 0 Å². The molecule has 1 N–H and O–H groups in total. The number of benzene rings is 1. The van der Waals surface area contributed by atoms with Crippen LogP contribution in [0, 0.1) is 19.7 Å². The van der Waals surface area contributed by atoms with Crippen molar-refractivity contribution in [3.8, 4) is 5.75 Å². The van der Waals surface area contributed by atoms with Crippen LogP contribution in [0.4, 0.5) is 4.39 Å². The predicted molar refractivity (Wildman–Crippen MR) is 77.1 cm³/mol. The highest BCUT2D eigenvalue weighted by molar-refractivity contribution is 7.14. The second kappa shape index (κ2) is 4.45. The van der Waals surface area contributed by atoms with Crippen molar-refractivity contribution in [1.29, 1.82) is 0 Å². The van der Waals surface area contributed by atoms with E-state index in [0.29, 0.717) is 21.5 Å². The highest BCUT2D eigenvalue weighted by Crippen LogP contribution is 2.28. The predicted octanol–water partition coefficient (Wildman–Crippen LogP) is 3.85. The Morgan fingerprint density at radius 2 is 2.00 bits per heavy atom. The minimum Gasteiger partial charge on any atom is -0.505 e. The third kappa shape index (κ3) is 1.91. The van der Waals surface area contributed by atoms with Gasteiger partial charge in [0.2, 0.25) is 0 Å². The van der Waals surface area contributed by atoms with Crippen LogP contribution in [0.3, 0.4) is 0 Å². The largest absolute Gasteiger partial charge is 0.505 e. The Morgan fingerprint density at radius 3 is 2.65 bits per heavy atom. The van der Waals surface area contributed by atoms with Gasteiger partial charge in [0.1, 0.15) is 0 Å². The van der Waals surface area contributed by atoms with E-state index in [1.54, 1.807) is 19.1 Å². The number of aryl methyl sites for hydroxylation is 2. The lowest BCUT2D eigenvalue weighted by Gasteiger charge is -2.05. The molecule has 0 unspecified atom stereocenters. The first-order valence-electron chi connectivity index (χ1n) is 6.09. The molecule has 3 nitrogen and oxygen atoms in total. The summed E-state index contributed by atoms with van der Waals surface area (Å²) < 4.78 is 15.0. The highest BCUT2D eigenvalue weighted by atomic mass is 32.1. The standard InChI is InChI=1S/C15H12FNO2S/c1-8-5-10-6-13(18)11(16)7-12(10)17(8)15(19)14-4-3-9(2)20-14/h3-7,18H,1-2H3. The maximum Gasteiger partial charge on any atom is 0.272 e. The third-order valence-electron chi connectivity index (χ3n) is 3.21. The van der Waals surface area contributed by atoms with Gasteiger partial charge in [-0.3, -0.25) is 9.36 Å². The quantitative estimate of drug-likeness (QED) is 0.739. The molecule has 2 aromatic heterocycles. The molecule has 0 atom stereocenters. The van der Waals surface area contributed by atoms with Crippen LogP contribution in [-0.4, -0.2) is 15.6 Å². The van der Waals surface area contributed by atoms with Crippen molar-refractivity contribution in [3.05, 3.63) is 51.6 Å². The first-order valence-corrected chi connectivity index (χ1v) is 6.91. The van der Waals surface area contributed by atoms with Gasteiger partial charge in [-0.15, -0.1) is 11.3 Å². The SMILES string of the molecule is Cc1ccc(C(=O)n2c(C)cc3cc(O)c(F)cc32)s1. The molecule has 0 saturated carbocycles. The summed E-state index contributed by atoms with van der Waals surface area (Å²) in [6.45, 7) is 3.72. The van der Waals surface area contributed by atoms with Crippen molar-refractivity contribution >= 4 is 28.1 Å². The summed E-state index contributed by atoms with van der Waals surface area (Å²) >= 11 is 1.41. The topological polar surface area (TPSA) is 42.2 Å². The van der Waals surface area contributed by atoms with E-state index in [9.17, 15) is 14.3 Å². The molecule has 5 heteroatoms. The number of phenolic OH excluding ortho intramolecular Hbond substituents is 1. The molecule has 102 valence electrons. The molecule has 0 spiro atoms. The van der Waals surface area contributed by atoms with E-state index in [1.807, 2.05) is 13.0 Å². The molecule has 0 saturated heterocycles. The number of aromatic nitrogens is 1. The van der Waals surface area contributed by atoms with Gasteiger partial charge >= 0.3 is 0 Å². The molecule has 0 radical (unpaired) electrons. The first-order chi connectivity index (χ1) is 9.47. The molecule has 0 aliphatic carbocycles. The number of nitrogens with zero attached hydrogens (tertiary/aromatic N) is 1. The zero-order valence-electron chi connectivity index (χ0n) is 11.0. The summed E-state index contributed by atoms with van der Waals surface area (Å²) in [5.41, 5.74) is 1.18. The molecular formula is C15H12FNO2S. The Morgan fingerprint density at radius 1 is 1.25 bits per heavy atom. The number of halogens is 1. The first kappa shape index (κ1) is 12.9. The summed E-state index contributed by atoms with van der Waals surface area (Å²) in [6.07, 6.45) is 0. The van der Waals surface area contributed by atoms with E-state index in [4.69, 9.17) is 0 Å². The van der Waals surface area contributed by atoms with E-state index in [0.717, 1.165) is 4.88 Å². The smallest absolute Gasteiger partial charge is 0.272 e. The Kier molecular flexibility index (Phi) is 2.87. The van der Waals surface area contributed by atoms with E-state index >= 15 is 0 Å². The molecule has 0 aliphatic rings. The minimum absolute atomic E-state index is 0.180. The van der Waals surface area contributed by atoms with Crippen LogP contribution in [0.5, 0.6) is 5.75 Å². The van der Waals surface area contributed by atoms with Crippen molar-refractivity contribution in [2.24, 2.45) is 0 Å². The van der Waals surface area contributed by atoms with Gasteiger partial charge in [-0.2, -0.15) is 0 Å². The normalized spacial score (nSPS) is 11.2. The number of thiophene rings is 1. The Hall–Kier alpha value is -2.14. The van der Waals surface area contributed by atoms with E-state index in [2.05, 4.69) is 0 Å². The second-order valence-electron chi connectivity index (χ2n) is 4.70. The number of hydrogen-bond donors (Lipinski definition) is 1. The van der Waals surface area contributed by atoms with Crippen LogP contribution in [0.1, 0.15) is 20.2 Å². The van der Waals surface area contributed by atoms with Gasteiger partial charge in [0, 0.05) is 22.0 Å². The molecule has 0 amide bonds. The van der Waals surface area contributed by atoms with Crippen molar-refractivity contribution in [2.75, 3.05) is 0 Å². The molecule has 2 heterocycles. The van der Waals surface area contributed by atoms with Gasteiger partial charge in [-0.25, -0.2) is 4.39 Å². The number of fused-ring (bicyclic) bond motifs is 1. The second-order valence-corrected chi connectivity index (χ2v) is 5.99. The van der Waals surface area contributed by atoms with Gasteiger partial charge in [-0.1, -0.05) is 0 Å². The van der Waals surface area contributed by atoms with Gasteiger partial charge in [0.25, 0.3) is 5.91 Å². The average Bonchev–Trinajstić information content (AvgIpc) is 2.93. The lowest BCUT2D eigenvalue weighted by Crippen LogP contribution is -2.11. The van der Waals surface area contributed by atoms with Crippen LogP contribution in [0.25, 0.3) is 10.9 Å². The van der Waals surface area contributed by atoms with Crippen LogP contribution in [0.2, 0.25) is 0 Å². The third-order valence-corrected chi connectivity index (χ3v) is 4.20. The van der Waals surface area contributed by atoms with Gasteiger partial charge in [0.15, 0.2) is 11.6 Å². The molecule has 0 bridgehead atoms. The van der Waals surface area contributed by atoms with E-state index < -0.39 is 11.6 Å².